The minimum absolute atomic E-state index is 0.0165. The molecule has 3 fully saturated rings. The molecule has 1 amide bonds. The number of hydrogen-bond acceptors (Lipinski definition) is 7. The van der Waals surface area contributed by atoms with Gasteiger partial charge in [-0.25, -0.2) is 8.78 Å². The fourth-order valence-corrected chi connectivity index (χ4v) is 12.2. The molecule has 3 saturated carbocycles. The average molecular weight is 836 g/mol. The van der Waals surface area contributed by atoms with Gasteiger partial charge in [0.1, 0.15) is 5.75 Å². The molecule has 2 N–H and O–H groups in total. The van der Waals surface area contributed by atoms with E-state index in [4.69, 9.17) is 9.47 Å². The SMILES string of the molecule is COc1ccc(CC(=O)N(Cc2ccc(OC(F)(F)F)cc2)CC2(O)CCC3C45C=CC6(C=C4C(=O)c4ccc(F)c(F)c4)CC(O)CCC6(C)C5CCC32C)cc1OC. The Kier molecular flexibility index (Phi) is 10.3. The minimum Gasteiger partial charge on any atom is -0.493 e. The summed E-state index contributed by atoms with van der Waals surface area (Å²) in [5.74, 6) is -2.84. The number of halogens is 5. The second kappa shape index (κ2) is 14.7. The molecule has 8 unspecified atom stereocenters. The van der Waals surface area contributed by atoms with E-state index in [1.165, 1.54) is 44.6 Å². The maximum Gasteiger partial charge on any atom is 0.573 e. The van der Waals surface area contributed by atoms with Crippen LogP contribution in [0.5, 0.6) is 17.2 Å². The van der Waals surface area contributed by atoms with E-state index in [1.54, 1.807) is 23.1 Å². The number of alkyl halides is 3. The third-order valence-electron chi connectivity index (χ3n) is 15.3. The molecular formula is C47H50F5NO7. The Labute approximate surface area is 346 Å². The number of rotatable bonds is 11. The van der Waals surface area contributed by atoms with Gasteiger partial charge in [-0.1, -0.05) is 50.3 Å². The minimum atomic E-state index is -4.88. The monoisotopic (exact) mass is 835 g/mol. The van der Waals surface area contributed by atoms with Crippen LogP contribution in [-0.4, -0.2) is 65.6 Å². The van der Waals surface area contributed by atoms with Crippen molar-refractivity contribution in [2.24, 2.45) is 33.5 Å². The lowest BCUT2D eigenvalue weighted by molar-refractivity contribution is -0.274. The zero-order valence-electron chi connectivity index (χ0n) is 34.1. The summed E-state index contributed by atoms with van der Waals surface area (Å²) in [5, 5.41) is 24.2. The van der Waals surface area contributed by atoms with Crippen molar-refractivity contribution in [2.75, 3.05) is 20.8 Å². The topological polar surface area (TPSA) is 106 Å². The van der Waals surface area contributed by atoms with Crippen LogP contribution in [0.15, 0.2) is 84.5 Å². The van der Waals surface area contributed by atoms with Gasteiger partial charge in [-0.3, -0.25) is 9.59 Å². The third kappa shape index (κ3) is 6.61. The Morgan fingerprint density at radius 1 is 0.817 bits per heavy atom. The van der Waals surface area contributed by atoms with E-state index < -0.39 is 57.5 Å². The van der Waals surface area contributed by atoms with E-state index in [-0.39, 0.29) is 54.7 Å². The first-order chi connectivity index (χ1) is 28.3. The van der Waals surface area contributed by atoms with E-state index in [1.807, 2.05) is 13.0 Å². The first-order valence-electron chi connectivity index (χ1n) is 20.5. The smallest absolute Gasteiger partial charge is 0.493 e. The van der Waals surface area contributed by atoms with Gasteiger partial charge in [0.2, 0.25) is 5.91 Å². The van der Waals surface area contributed by atoms with Crippen LogP contribution < -0.4 is 14.2 Å². The molecule has 3 aromatic carbocycles. The molecule has 3 aromatic rings. The first-order valence-corrected chi connectivity index (χ1v) is 20.5. The van der Waals surface area contributed by atoms with Gasteiger partial charge >= 0.3 is 6.36 Å². The number of amides is 1. The van der Waals surface area contributed by atoms with Gasteiger partial charge in [0.25, 0.3) is 0 Å². The third-order valence-corrected chi connectivity index (χ3v) is 15.3. The van der Waals surface area contributed by atoms with Crippen molar-refractivity contribution in [1.82, 2.24) is 4.90 Å². The Morgan fingerprint density at radius 3 is 2.17 bits per heavy atom. The number of allylic oxidation sites excluding steroid dienone is 4. The van der Waals surface area contributed by atoms with Crippen molar-refractivity contribution in [1.29, 1.82) is 0 Å². The van der Waals surface area contributed by atoms with Crippen LogP contribution in [0, 0.1) is 45.1 Å². The van der Waals surface area contributed by atoms with Gasteiger partial charge in [-0.15, -0.1) is 13.2 Å². The van der Waals surface area contributed by atoms with Gasteiger partial charge in [-0.2, -0.15) is 0 Å². The molecule has 0 aliphatic heterocycles. The standard InChI is InChI=1S/C47H50F5NO7/c1-42-16-13-31(54)24-44(42)19-20-46(33(25-44)41(56)30-8-11-34(48)35(49)23-30)38(42)14-17-43(2)39(46)15-18-45(43,57)27-53(26-28-5-9-32(10-6-28)60-47(50,51)52)40(55)22-29-7-12-36(58-3)37(21-29)59-4/h5-12,19-21,23,25,31,38-39,54,57H,13-18,22,24,26-27H2,1-4H3. The molecule has 6 aliphatic carbocycles. The summed E-state index contributed by atoms with van der Waals surface area (Å²) < 4.78 is 82.7. The first kappa shape index (κ1) is 42.0. The van der Waals surface area contributed by atoms with Gasteiger partial charge < -0.3 is 29.3 Å². The van der Waals surface area contributed by atoms with Gasteiger partial charge in [0.15, 0.2) is 28.9 Å². The number of benzene rings is 3. The lowest BCUT2D eigenvalue weighted by atomic mass is 9.32. The predicted octanol–water partition coefficient (Wildman–Crippen LogP) is 8.93. The number of aliphatic hydroxyl groups is 2. The summed E-state index contributed by atoms with van der Waals surface area (Å²) in [6.07, 6.45) is 4.41. The normalized spacial score (nSPS) is 32.6. The van der Waals surface area contributed by atoms with E-state index in [0.29, 0.717) is 66.7 Å². The maximum atomic E-state index is 14.8. The predicted molar refractivity (Wildman–Crippen MR) is 211 cm³/mol. The van der Waals surface area contributed by atoms with Crippen molar-refractivity contribution in [3.8, 4) is 17.2 Å². The quantitative estimate of drug-likeness (QED) is 0.113. The lowest BCUT2D eigenvalue weighted by Crippen LogP contribution is -2.67. The lowest BCUT2D eigenvalue weighted by Gasteiger charge is -2.71. The molecule has 2 spiro atoms. The van der Waals surface area contributed by atoms with Crippen LogP contribution in [0.25, 0.3) is 0 Å². The molecule has 0 radical (unpaired) electrons. The highest BCUT2D eigenvalue weighted by Gasteiger charge is 2.74. The van der Waals surface area contributed by atoms with E-state index >= 15 is 0 Å². The number of hydrogen-bond donors (Lipinski definition) is 2. The van der Waals surface area contributed by atoms with Gasteiger partial charge in [-0.05, 0) is 116 Å². The van der Waals surface area contributed by atoms with Crippen molar-refractivity contribution < 1.29 is 56.0 Å². The molecule has 0 aromatic heterocycles. The van der Waals surface area contributed by atoms with Gasteiger partial charge in [0.05, 0.1) is 38.9 Å². The van der Waals surface area contributed by atoms with Crippen LogP contribution in [0.3, 0.4) is 0 Å². The Bertz CT molecular complexity index is 2260. The number of aliphatic hydroxyl groups excluding tert-OH is 1. The molecule has 9 rings (SSSR count). The number of carbonyl (C=O) groups is 2. The average Bonchev–Trinajstić information content (AvgIpc) is 3.48. The Hall–Kier alpha value is -4.75. The second-order valence-corrected chi connectivity index (χ2v) is 18.1. The fraction of sp³-hybridized carbons (Fsp3) is 0.489. The number of carbonyl (C=O) groups excluding carboxylic acids is 2. The van der Waals surface area contributed by atoms with Crippen molar-refractivity contribution in [2.45, 2.75) is 89.8 Å². The van der Waals surface area contributed by atoms with E-state index in [0.717, 1.165) is 12.1 Å². The van der Waals surface area contributed by atoms with Crippen molar-refractivity contribution in [3.05, 3.63) is 113 Å². The second-order valence-electron chi connectivity index (χ2n) is 18.1. The summed E-state index contributed by atoms with van der Waals surface area (Å²) in [7, 11) is 2.99. The van der Waals surface area contributed by atoms with Crippen LogP contribution in [0.2, 0.25) is 0 Å². The molecule has 13 heteroatoms. The maximum absolute atomic E-state index is 14.8. The molecule has 0 heterocycles. The van der Waals surface area contributed by atoms with Gasteiger partial charge in [0, 0.05) is 33.9 Å². The number of ketones is 1. The highest BCUT2D eigenvalue weighted by atomic mass is 19.4. The molecular weight excluding hydrogens is 786 g/mol. The molecule has 8 atom stereocenters. The molecule has 60 heavy (non-hydrogen) atoms. The highest BCUT2D eigenvalue weighted by Crippen LogP contribution is 2.78. The van der Waals surface area contributed by atoms with Crippen molar-refractivity contribution >= 4 is 11.7 Å². The van der Waals surface area contributed by atoms with E-state index in [9.17, 15) is 41.8 Å². The summed E-state index contributed by atoms with van der Waals surface area (Å²) in [5.41, 5.74) is -2.61. The zero-order valence-corrected chi connectivity index (χ0v) is 34.1. The van der Waals surface area contributed by atoms with Crippen LogP contribution in [-0.2, 0) is 17.8 Å². The number of nitrogens with zero attached hydrogens (tertiary/aromatic N) is 1. The van der Waals surface area contributed by atoms with Crippen molar-refractivity contribution in [3.63, 3.8) is 0 Å². The van der Waals surface area contributed by atoms with E-state index in [2.05, 4.69) is 23.8 Å². The fourth-order valence-electron chi connectivity index (χ4n) is 12.2. The number of fused-ring (bicyclic) bond motifs is 1. The summed E-state index contributed by atoms with van der Waals surface area (Å²) >= 11 is 0. The van der Waals surface area contributed by atoms with Crippen LogP contribution in [0.1, 0.15) is 80.3 Å². The molecule has 2 bridgehead atoms. The molecule has 320 valence electrons. The summed E-state index contributed by atoms with van der Waals surface area (Å²) in [6, 6.07) is 13.6. The largest absolute Gasteiger partial charge is 0.573 e. The Morgan fingerprint density at radius 2 is 1.48 bits per heavy atom. The Balaban J connectivity index is 1.17. The number of methoxy groups -OCH3 is 2. The summed E-state index contributed by atoms with van der Waals surface area (Å²) in [4.78, 5) is 30.8. The zero-order chi connectivity index (χ0) is 43.0. The highest BCUT2D eigenvalue weighted by molar-refractivity contribution is 6.10. The molecule has 8 nitrogen and oxygen atoms in total. The number of ether oxygens (including phenoxy) is 3. The van der Waals surface area contributed by atoms with Crippen LogP contribution >= 0.6 is 0 Å². The van der Waals surface area contributed by atoms with Crippen LogP contribution in [0.4, 0.5) is 22.0 Å². The molecule has 6 aliphatic rings. The summed E-state index contributed by atoms with van der Waals surface area (Å²) in [6.45, 7) is 4.12. The number of Topliss-reactive ketones (excluding diaryl/α,β-unsaturated/α-hetero) is 1. The molecule has 0 saturated heterocycles.